The summed E-state index contributed by atoms with van der Waals surface area (Å²) in [5.74, 6) is 0.675. The molecule has 3 heterocycles. The third kappa shape index (κ3) is 5.01. The maximum absolute atomic E-state index is 9.47. The van der Waals surface area contributed by atoms with Gasteiger partial charge in [-0.25, -0.2) is 9.97 Å². The van der Waals surface area contributed by atoms with E-state index in [1.54, 1.807) is 11.8 Å². The highest BCUT2D eigenvalue weighted by Gasteiger charge is 2.33. The molecule has 0 fully saturated rings. The van der Waals surface area contributed by atoms with Gasteiger partial charge < -0.3 is 4.42 Å². The third-order valence-corrected chi connectivity index (χ3v) is 10.7. The zero-order valence-electron chi connectivity index (χ0n) is 26.9. The fraction of sp³-hybridized carbons (Fsp3) is 0.0682. The Morgan fingerprint density at radius 1 is 0.551 bits per heavy atom. The van der Waals surface area contributed by atoms with E-state index in [-0.39, 0.29) is 5.41 Å². The first-order valence-electron chi connectivity index (χ1n) is 16.3. The summed E-state index contributed by atoms with van der Waals surface area (Å²) >= 11 is 1.74. The minimum absolute atomic E-state index is 0.204. The number of fused-ring (bicyclic) bond motifs is 5. The number of nitrogens with zero attached hydrogens (tertiary/aromatic N) is 3. The molecule has 1 aliphatic heterocycles. The molecule has 1 aliphatic rings. The van der Waals surface area contributed by atoms with Crippen LogP contribution in [0.2, 0.25) is 0 Å². The molecule has 49 heavy (non-hydrogen) atoms. The van der Waals surface area contributed by atoms with Gasteiger partial charge in [-0.1, -0.05) is 111 Å². The standard InChI is InChI=1S/C44H29N3OS/c1-44(2)35-19-15-27(26-45)21-42(35)49-41-20-17-30(23-36(41)44)29-11-8-12-31(22-29)37-25-38(47-43(46-37)28-9-4-3-5-10-28)32-16-18-34-33-13-6-7-14-39(33)48-40(34)24-32/h3-25H,1-2H3. The average molecular weight is 648 g/mol. The van der Waals surface area contributed by atoms with E-state index in [2.05, 4.69) is 98.8 Å². The third-order valence-electron chi connectivity index (χ3n) is 9.58. The average Bonchev–Trinajstić information content (AvgIpc) is 3.53. The minimum atomic E-state index is -0.204. The summed E-state index contributed by atoms with van der Waals surface area (Å²) in [6, 6.07) is 50.4. The Balaban J connectivity index is 1.14. The van der Waals surface area contributed by atoms with Crippen LogP contribution in [0.5, 0.6) is 0 Å². The van der Waals surface area contributed by atoms with Crippen LogP contribution in [0, 0.1) is 11.3 Å². The number of para-hydroxylation sites is 1. The predicted molar refractivity (Wildman–Crippen MR) is 198 cm³/mol. The molecule has 0 saturated heterocycles. The summed E-state index contributed by atoms with van der Waals surface area (Å²) < 4.78 is 6.24. The van der Waals surface area contributed by atoms with Gasteiger partial charge in [0.1, 0.15) is 11.2 Å². The SMILES string of the molecule is CC1(C)c2ccc(C#N)cc2Sc2ccc(-c3cccc(-c4cc(-c5ccc6c(c5)oc5ccccc56)nc(-c5ccccc5)n4)c3)cc21. The molecule has 0 atom stereocenters. The highest BCUT2D eigenvalue weighted by molar-refractivity contribution is 7.99. The molecule has 0 bridgehead atoms. The highest BCUT2D eigenvalue weighted by atomic mass is 32.2. The Bertz CT molecular complexity index is 2630. The normalized spacial score (nSPS) is 13.2. The lowest BCUT2D eigenvalue weighted by Gasteiger charge is -2.35. The van der Waals surface area contributed by atoms with Crippen LogP contribution in [-0.4, -0.2) is 9.97 Å². The zero-order chi connectivity index (χ0) is 33.1. The summed E-state index contributed by atoms with van der Waals surface area (Å²) in [7, 11) is 0. The largest absolute Gasteiger partial charge is 0.456 e. The first-order chi connectivity index (χ1) is 23.9. The van der Waals surface area contributed by atoms with Gasteiger partial charge in [0, 0.05) is 42.7 Å². The van der Waals surface area contributed by atoms with E-state index in [0.29, 0.717) is 11.4 Å². The lowest BCUT2D eigenvalue weighted by molar-refractivity contribution is 0.607. The van der Waals surface area contributed by atoms with Crippen LogP contribution in [-0.2, 0) is 5.41 Å². The Morgan fingerprint density at radius 2 is 1.24 bits per heavy atom. The van der Waals surface area contributed by atoms with Crippen molar-refractivity contribution >= 4 is 33.7 Å². The van der Waals surface area contributed by atoms with E-state index in [9.17, 15) is 5.26 Å². The maximum atomic E-state index is 9.47. The lowest BCUT2D eigenvalue weighted by atomic mass is 9.76. The summed E-state index contributed by atoms with van der Waals surface area (Å²) in [5.41, 5.74) is 11.6. The number of benzene rings is 6. The van der Waals surface area contributed by atoms with Crippen LogP contribution in [0.3, 0.4) is 0 Å². The molecule has 4 nitrogen and oxygen atoms in total. The van der Waals surface area contributed by atoms with E-state index >= 15 is 0 Å². The van der Waals surface area contributed by atoms with Crippen molar-refractivity contribution in [3.05, 3.63) is 156 Å². The van der Waals surface area contributed by atoms with Crippen molar-refractivity contribution < 1.29 is 4.42 Å². The fourth-order valence-corrected chi connectivity index (χ4v) is 8.36. The first-order valence-corrected chi connectivity index (χ1v) is 17.1. The number of hydrogen-bond acceptors (Lipinski definition) is 5. The number of nitriles is 1. The van der Waals surface area contributed by atoms with E-state index < -0.39 is 0 Å². The molecular weight excluding hydrogens is 619 g/mol. The fourth-order valence-electron chi connectivity index (χ4n) is 6.95. The Hall–Kier alpha value is -5.96. The van der Waals surface area contributed by atoms with Crippen LogP contribution in [0.25, 0.3) is 67.0 Å². The summed E-state index contributed by atoms with van der Waals surface area (Å²) in [6.45, 7) is 4.54. The lowest BCUT2D eigenvalue weighted by Crippen LogP contribution is -2.23. The molecule has 5 heteroatoms. The number of furan rings is 1. The monoisotopic (exact) mass is 647 g/mol. The summed E-state index contributed by atoms with van der Waals surface area (Å²) in [4.78, 5) is 12.5. The van der Waals surface area contributed by atoms with Crippen LogP contribution in [0.4, 0.5) is 0 Å². The van der Waals surface area contributed by atoms with Gasteiger partial charge in [-0.15, -0.1) is 0 Å². The van der Waals surface area contributed by atoms with Gasteiger partial charge in [-0.2, -0.15) is 5.26 Å². The van der Waals surface area contributed by atoms with Crippen LogP contribution in [0.15, 0.2) is 154 Å². The molecule has 8 aromatic rings. The van der Waals surface area contributed by atoms with Gasteiger partial charge in [-0.3, -0.25) is 0 Å². The predicted octanol–water partition coefficient (Wildman–Crippen LogP) is 11.7. The van der Waals surface area contributed by atoms with E-state index in [4.69, 9.17) is 14.4 Å². The van der Waals surface area contributed by atoms with Crippen LogP contribution < -0.4 is 0 Å². The van der Waals surface area contributed by atoms with Crippen molar-refractivity contribution in [3.63, 3.8) is 0 Å². The molecule has 2 aromatic heterocycles. The number of hydrogen-bond donors (Lipinski definition) is 0. The molecule has 0 N–H and O–H groups in total. The van der Waals surface area contributed by atoms with Gasteiger partial charge in [-0.05, 0) is 76.9 Å². The number of aromatic nitrogens is 2. The molecule has 0 aliphatic carbocycles. The second-order valence-corrected chi connectivity index (χ2v) is 14.1. The summed E-state index contributed by atoms with van der Waals surface area (Å²) in [6.07, 6.45) is 0. The smallest absolute Gasteiger partial charge is 0.160 e. The van der Waals surface area contributed by atoms with Crippen molar-refractivity contribution in [2.45, 2.75) is 29.1 Å². The molecule has 0 saturated carbocycles. The Kier molecular flexibility index (Phi) is 6.75. The highest BCUT2D eigenvalue weighted by Crippen LogP contribution is 2.50. The molecule has 0 spiro atoms. The van der Waals surface area contributed by atoms with Crippen molar-refractivity contribution in [1.82, 2.24) is 9.97 Å². The van der Waals surface area contributed by atoms with Crippen LogP contribution >= 0.6 is 11.8 Å². The van der Waals surface area contributed by atoms with Gasteiger partial charge in [0.15, 0.2) is 5.82 Å². The second kappa shape index (κ2) is 11.3. The Labute approximate surface area is 288 Å². The molecule has 0 amide bonds. The van der Waals surface area contributed by atoms with E-state index in [0.717, 1.165) is 66.0 Å². The molecule has 232 valence electrons. The van der Waals surface area contributed by atoms with E-state index in [1.807, 2.05) is 60.7 Å². The van der Waals surface area contributed by atoms with Gasteiger partial charge in [0.2, 0.25) is 0 Å². The summed E-state index contributed by atoms with van der Waals surface area (Å²) in [5, 5.41) is 11.7. The Morgan fingerprint density at radius 3 is 2.08 bits per heavy atom. The molecule has 0 radical (unpaired) electrons. The minimum Gasteiger partial charge on any atom is -0.456 e. The van der Waals surface area contributed by atoms with Crippen molar-refractivity contribution in [1.29, 1.82) is 5.26 Å². The maximum Gasteiger partial charge on any atom is 0.160 e. The van der Waals surface area contributed by atoms with Gasteiger partial charge in [0.05, 0.1) is 23.0 Å². The molecule has 6 aromatic carbocycles. The second-order valence-electron chi connectivity index (χ2n) is 13.0. The molecule has 9 rings (SSSR count). The zero-order valence-corrected chi connectivity index (χ0v) is 27.8. The van der Waals surface area contributed by atoms with E-state index in [1.165, 1.54) is 16.0 Å². The van der Waals surface area contributed by atoms with Gasteiger partial charge in [0.25, 0.3) is 0 Å². The molecular formula is C44H29N3OS. The number of rotatable bonds is 4. The first kappa shape index (κ1) is 29.2. The van der Waals surface area contributed by atoms with Crippen molar-refractivity contribution in [2.75, 3.05) is 0 Å². The van der Waals surface area contributed by atoms with Crippen LogP contribution in [0.1, 0.15) is 30.5 Å². The van der Waals surface area contributed by atoms with Gasteiger partial charge >= 0.3 is 0 Å². The van der Waals surface area contributed by atoms with Crippen molar-refractivity contribution in [3.8, 4) is 51.1 Å². The quantitative estimate of drug-likeness (QED) is 0.190. The van der Waals surface area contributed by atoms with Crippen molar-refractivity contribution in [2.24, 2.45) is 0 Å². The molecule has 0 unspecified atom stereocenters. The topological polar surface area (TPSA) is 62.7 Å².